The van der Waals surface area contributed by atoms with E-state index in [4.69, 9.17) is 9.72 Å². The molecule has 8 nitrogen and oxygen atoms in total. The van der Waals surface area contributed by atoms with Crippen molar-refractivity contribution in [1.82, 2.24) is 29.3 Å². The average Bonchev–Trinajstić information content (AvgIpc) is 3.36. The third-order valence-corrected chi connectivity index (χ3v) is 5.98. The Morgan fingerprint density at radius 3 is 2.86 bits per heavy atom. The Morgan fingerprint density at radius 2 is 2.14 bits per heavy atom. The Balaban J connectivity index is 1.34. The van der Waals surface area contributed by atoms with Gasteiger partial charge in [-0.25, -0.2) is 9.50 Å². The Bertz CT molecular complexity index is 1040. The molecule has 3 aromatic rings. The highest BCUT2D eigenvalue weighted by atomic mass is 16.5. The van der Waals surface area contributed by atoms with Crippen molar-refractivity contribution in [2.45, 2.75) is 6.42 Å². The third kappa shape index (κ3) is 2.76. The monoisotopic (exact) mass is 378 g/mol. The van der Waals surface area contributed by atoms with Gasteiger partial charge in [0.05, 0.1) is 30.9 Å². The van der Waals surface area contributed by atoms with Gasteiger partial charge in [-0.1, -0.05) is 6.58 Å². The number of amides is 1. The molecule has 2 saturated heterocycles. The van der Waals surface area contributed by atoms with Gasteiger partial charge in [-0.3, -0.25) is 9.48 Å². The third-order valence-electron chi connectivity index (χ3n) is 5.98. The van der Waals surface area contributed by atoms with Gasteiger partial charge in [-0.15, -0.1) is 0 Å². The quantitative estimate of drug-likeness (QED) is 0.633. The van der Waals surface area contributed by atoms with Crippen molar-refractivity contribution in [3.05, 3.63) is 43.5 Å². The van der Waals surface area contributed by atoms with Crippen LogP contribution in [0, 0.1) is 17.8 Å². The van der Waals surface area contributed by atoms with Crippen LogP contribution >= 0.6 is 0 Å². The van der Waals surface area contributed by atoms with E-state index in [1.54, 1.807) is 21.6 Å². The van der Waals surface area contributed by atoms with E-state index in [2.05, 4.69) is 16.8 Å². The van der Waals surface area contributed by atoms with Gasteiger partial charge in [0.25, 0.3) is 0 Å². The highest BCUT2D eigenvalue weighted by Crippen LogP contribution is 2.45. The van der Waals surface area contributed by atoms with Crippen LogP contribution in [0.2, 0.25) is 0 Å². The number of piperidine rings is 2. The van der Waals surface area contributed by atoms with E-state index in [0.717, 1.165) is 29.9 Å². The van der Waals surface area contributed by atoms with E-state index < -0.39 is 0 Å². The smallest absolute Gasteiger partial charge is 0.245 e. The number of nitrogens with zero attached hydrogens (tertiary/aromatic N) is 6. The first-order valence-corrected chi connectivity index (χ1v) is 9.50. The Kier molecular flexibility index (Phi) is 3.92. The van der Waals surface area contributed by atoms with Crippen molar-refractivity contribution in [3.8, 4) is 17.1 Å². The van der Waals surface area contributed by atoms with E-state index in [1.807, 2.05) is 30.4 Å². The highest BCUT2D eigenvalue weighted by molar-refractivity contribution is 5.87. The number of fused-ring (bicyclic) bond motifs is 3. The maximum Gasteiger partial charge on any atom is 0.245 e. The lowest BCUT2D eigenvalue weighted by Crippen LogP contribution is -2.57. The molecule has 5 heterocycles. The number of hydrogen-bond donors (Lipinski definition) is 0. The summed E-state index contributed by atoms with van der Waals surface area (Å²) in [5.41, 5.74) is 2.54. The summed E-state index contributed by atoms with van der Waals surface area (Å²) in [6.07, 6.45) is 9.90. The number of rotatable bonds is 5. The molecule has 3 fully saturated rings. The van der Waals surface area contributed by atoms with Crippen molar-refractivity contribution in [1.29, 1.82) is 0 Å². The second-order valence-electron chi connectivity index (χ2n) is 7.67. The summed E-state index contributed by atoms with van der Waals surface area (Å²) in [7, 11) is 1.88. The fourth-order valence-corrected chi connectivity index (χ4v) is 4.44. The van der Waals surface area contributed by atoms with Crippen LogP contribution in [-0.2, 0) is 11.8 Å². The summed E-state index contributed by atoms with van der Waals surface area (Å²) >= 11 is 0. The second-order valence-corrected chi connectivity index (χ2v) is 7.67. The first-order chi connectivity index (χ1) is 13.6. The Labute approximate surface area is 162 Å². The maximum absolute atomic E-state index is 11.9. The Hall–Kier alpha value is -3.16. The second kappa shape index (κ2) is 6.47. The molecule has 0 N–H and O–H groups in total. The topological polar surface area (TPSA) is 77.6 Å². The number of hydrogen-bond acceptors (Lipinski definition) is 5. The summed E-state index contributed by atoms with van der Waals surface area (Å²) in [6, 6.07) is 1.90. The number of aryl methyl sites for hydroxylation is 1. The average molecular weight is 378 g/mol. The van der Waals surface area contributed by atoms with Crippen molar-refractivity contribution in [2.75, 3.05) is 19.7 Å². The molecular formula is C20H22N6O2. The van der Waals surface area contributed by atoms with Gasteiger partial charge in [0.1, 0.15) is 5.52 Å². The van der Waals surface area contributed by atoms with Gasteiger partial charge in [0.15, 0.2) is 0 Å². The molecular weight excluding hydrogens is 356 g/mol. The van der Waals surface area contributed by atoms with Crippen LogP contribution in [0.25, 0.3) is 16.8 Å². The van der Waals surface area contributed by atoms with Crippen molar-refractivity contribution in [3.63, 3.8) is 0 Å². The summed E-state index contributed by atoms with van der Waals surface area (Å²) in [4.78, 5) is 18.5. The molecule has 1 amide bonds. The zero-order valence-corrected chi connectivity index (χ0v) is 15.7. The molecule has 3 atom stereocenters. The van der Waals surface area contributed by atoms with Gasteiger partial charge in [-0.05, 0) is 30.4 Å². The molecule has 144 valence electrons. The zero-order chi connectivity index (χ0) is 19.3. The summed E-state index contributed by atoms with van der Waals surface area (Å²) < 4.78 is 9.72. The number of carbonyl (C=O) groups excluding carboxylic acids is 1. The number of carbonyl (C=O) groups is 1. The van der Waals surface area contributed by atoms with E-state index >= 15 is 0 Å². The highest BCUT2D eigenvalue weighted by Gasteiger charge is 2.47. The zero-order valence-electron chi connectivity index (χ0n) is 15.7. The standard InChI is InChI=1S/C20H22N6O2/c1-3-19(27)25-9-13-6-14(10-25)16(13)12-28-20-18-4-5-21-26(18)11-17(23-20)15-7-22-24(2)8-15/h3-5,7-8,11,13-14,16H,1,6,9-10,12H2,2H3/t13-,14+,16-. The fourth-order valence-electron chi connectivity index (χ4n) is 4.44. The summed E-state index contributed by atoms with van der Waals surface area (Å²) in [6.45, 7) is 5.78. The number of aromatic nitrogens is 5. The van der Waals surface area contributed by atoms with Crippen LogP contribution in [-0.4, -0.2) is 54.9 Å². The van der Waals surface area contributed by atoms with Crippen LogP contribution < -0.4 is 4.74 Å². The Morgan fingerprint density at radius 1 is 1.32 bits per heavy atom. The van der Waals surface area contributed by atoms with Crippen LogP contribution in [0.4, 0.5) is 0 Å². The largest absolute Gasteiger partial charge is 0.476 e. The molecule has 3 aromatic heterocycles. The molecule has 28 heavy (non-hydrogen) atoms. The molecule has 2 bridgehead atoms. The normalized spacial score (nSPS) is 23.5. The minimum atomic E-state index is 0.0286. The molecule has 0 unspecified atom stereocenters. The molecule has 0 aromatic carbocycles. The lowest BCUT2D eigenvalue weighted by Gasteiger charge is -2.53. The summed E-state index contributed by atoms with van der Waals surface area (Å²) in [5, 5.41) is 8.57. The lowest BCUT2D eigenvalue weighted by atomic mass is 9.62. The van der Waals surface area contributed by atoms with Gasteiger partial charge in [0, 0.05) is 37.8 Å². The predicted octanol–water partition coefficient (Wildman–Crippen LogP) is 1.79. The van der Waals surface area contributed by atoms with Crippen molar-refractivity contribution in [2.24, 2.45) is 24.8 Å². The molecule has 3 aliphatic rings. The molecule has 1 saturated carbocycles. The van der Waals surface area contributed by atoms with E-state index in [-0.39, 0.29) is 5.91 Å². The van der Waals surface area contributed by atoms with E-state index in [0.29, 0.717) is 30.2 Å². The SMILES string of the molecule is C=CC(=O)N1C[C@H]2C[C@@H](C1)[C@@H]2COc1nc(-c2cnn(C)c2)cn2nccc12. The molecule has 8 heteroatoms. The molecule has 0 spiro atoms. The van der Waals surface area contributed by atoms with Gasteiger partial charge < -0.3 is 9.64 Å². The van der Waals surface area contributed by atoms with Gasteiger partial charge >= 0.3 is 0 Å². The summed E-state index contributed by atoms with van der Waals surface area (Å²) in [5.74, 6) is 2.06. The predicted molar refractivity (Wildman–Crippen MR) is 103 cm³/mol. The van der Waals surface area contributed by atoms with Crippen molar-refractivity contribution >= 4 is 11.4 Å². The van der Waals surface area contributed by atoms with Crippen LogP contribution in [0.1, 0.15) is 6.42 Å². The van der Waals surface area contributed by atoms with Crippen LogP contribution in [0.3, 0.4) is 0 Å². The lowest BCUT2D eigenvalue weighted by molar-refractivity contribution is -0.138. The molecule has 2 aliphatic heterocycles. The molecule has 6 rings (SSSR count). The van der Waals surface area contributed by atoms with Crippen LogP contribution in [0.15, 0.2) is 43.5 Å². The van der Waals surface area contributed by atoms with Gasteiger partial charge in [0.2, 0.25) is 11.8 Å². The maximum atomic E-state index is 11.9. The van der Waals surface area contributed by atoms with Crippen molar-refractivity contribution < 1.29 is 9.53 Å². The molecule has 0 radical (unpaired) electrons. The van der Waals surface area contributed by atoms with Gasteiger partial charge in [-0.2, -0.15) is 10.2 Å². The first kappa shape index (κ1) is 17.0. The minimum Gasteiger partial charge on any atom is -0.476 e. The minimum absolute atomic E-state index is 0.0286. The number of ether oxygens (including phenoxy) is 1. The fraction of sp³-hybridized carbons (Fsp3) is 0.400. The van der Waals surface area contributed by atoms with E-state index in [9.17, 15) is 4.79 Å². The first-order valence-electron chi connectivity index (χ1n) is 9.50. The van der Waals surface area contributed by atoms with Crippen LogP contribution in [0.5, 0.6) is 5.88 Å². The van der Waals surface area contributed by atoms with E-state index in [1.165, 1.54) is 12.5 Å². The molecule has 1 aliphatic carbocycles.